The Bertz CT molecular complexity index is 1000. The highest BCUT2D eigenvalue weighted by Gasteiger charge is 2.17. The number of pyridine rings is 1. The third-order valence-electron chi connectivity index (χ3n) is 4.53. The van der Waals surface area contributed by atoms with Crippen LogP contribution in [0.2, 0.25) is 0 Å². The summed E-state index contributed by atoms with van der Waals surface area (Å²) in [6.45, 7) is 4.27. The summed E-state index contributed by atoms with van der Waals surface area (Å²) in [6, 6.07) is 27.6. The van der Waals surface area contributed by atoms with Crippen molar-refractivity contribution in [2.24, 2.45) is 0 Å². The zero-order valence-corrected chi connectivity index (χ0v) is 14.0. The molecule has 4 aromatic rings. The number of fused-ring (bicyclic) bond motifs is 1. The van der Waals surface area contributed by atoms with Crippen molar-refractivity contribution in [3.05, 3.63) is 90.1 Å². The summed E-state index contributed by atoms with van der Waals surface area (Å²) in [6.07, 6.45) is 0. The van der Waals surface area contributed by atoms with Crippen molar-refractivity contribution in [1.29, 1.82) is 0 Å². The Balaban J connectivity index is 2.20. The Hall–Kier alpha value is -2.93. The van der Waals surface area contributed by atoms with Crippen molar-refractivity contribution < 1.29 is 0 Å². The van der Waals surface area contributed by atoms with Gasteiger partial charge >= 0.3 is 0 Å². The normalized spacial score (nSPS) is 10.9. The summed E-state index contributed by atoms with van der Waals surface area (Å²) in [5.41, 5.74) is 8.35. The van der Waals surface area contributed by atoms with Gasteiger partial charge in [0.1, 0.15) is 0 Å². The molecule has 1 nitrogen and oxygen atoms in total. The average Bonchev–Trinajstić information content (AvgIpc) is 2.62. The summed E-state index contributed by atoms with van der Waals surface area (Å²) in [5, 5.41) is 1.24. The molecule has 0 N–H and O–H groups in total. The lowest BCUT2D eigenvalue weighted by Crippen LogP contribution is -1.96. The molecule has 1 aromatic heterocycles. The van der Waals surface area contributed by atoms with Crippen LogP contribution < -0.4 is 0 Å². The second kappa shape index (κ2) is 5.93. The first-order chi connectivity index (χ1) is 11.8. The van der Waals surface area contributed by atoms with Gasteiger partial charge in [0.15, 0.2) is 0 Å². The summed E-state index contributed by atoms with van der Waals surface area (Å²) >= 11 is 0. The zero-order valence-electron chi connectivity index (χ0n) is 14.0. The van der Waals surface area contributed by atoms with E-state index in [1.807, 2.05) is 0 Å². The number of hydrogen-bond acceptors (Lipinski definition) is 1. The van der Waals surface area contributed by atoms with Gasteiger partial charge in [-0.15, -0.1) is 0 Å². The summed E-state index contributed by atoms with van der Waals surface area (Å²) in [4.78, 5) is 4.90. The minimum Gasteiger partial charge on any atom is -0.252 e. The van der Waals surface area contributed by atoms with Crippen molar-refractivity contribution in [2.45, 2.75) is 13.8 Å². The van der Waals surface area contributed by atoms with Crippen molar-refractivity contribution in [3.63, 3.8) is 0 Å². The van der Waals surface area contributed by atoms with Gasteiger partial charge in [-0.25, -0.2) is 0 Å². The van der Waals surface area contributed by atoms with Crippen molar-refractivity contribution in [3.8, 4) is 22.3 Å². The van der Waals surface area contributed by atoms with Gasteiger partial charge < -0.3 is 0 Å². The molecule has 0 saturated heterocycles. The molecule has 0 fully saturated rings. The topological polar surface area (TPSA) is 12.9 Å². The lowest BCUT2D eigenvalue weighted by molar-refractivity contribution is 1.25. The van der Waals surface area contributed by atoms with E-state index in [9.17, 15) is 0 Å². The van der Waals surface area contributed by atoms with Crippen LogP contribution in [0, 0.1) is 13.8 Å². The molecule has 0 spiro atoms. The number of aryl methyl sites for hydroxylation is 2. The third kappa shape index (κ3) is 2.39. The maximum Gasteiger partial charge on any atom is 0.0714 e. The lowest BCUT2D eigenvalue weighted by Gasteiger charge is -2.17. The summed E-state index contributed by atoms with van der Waals surface area (Å²) < 4.78 is 0. The molecule has 0 saturated carbocycles. The Labute approximate surface area is 142 Å². The fourth-order valence-electron chi connectivity index (χ4n) is 3.46. The minimum atomic E-state index is 1.06. The zero-order chi connectivity index (χ0) is 16.5. The molecule has 0 atom stereocenters. The van der Waals surface area contributed by atoms with Crippen molar-refractivity contribution in [1.82, 2.24) is 4.98 Å². The maximum atomic E-state index is 4.90. The van der Waals surface area contributed by atoms with Crippen molar-refractivity contribution >= 4 is 10.9 Å². The van der Waals surface area contributed by atoms with E-state index in [4.69, 9.17) is 4.98 Å². The first-order valence-corrected chi connectivity index (χ1v) is 8.26. The SMILES string of the molecule is Cc1nc2cccc(C)c2c(-c2ccccc2)c1-c1ccccc1. The van der Waals surface area contributed by atoms with Gasteiger partial charge in [0.05, 0.1) is 5.52 Å². The van der Waals surface area contributed by atoms with Crippen LogP contribution in [0.4, 0.5) is 0 Å². The monoisotopic (exact) mass is 309 g/mol. The summed E-state index contributed by atoms with van der Waals surface area (Å²) in [5.74, 6) is 0. The Morgan fingerprint density at radius 3 is 1.79 bits per heavy atom. The molecule has 1 heteroatoms. The van der Waals surface area contributed by atoms with Gasteiger partial charge in [0.25, 0.3) is 0 Å². The lowest BCUT2D eigenvalue weighted by atomic mass is 9.89. The number of benzene rings is 3. The van der Waals surface area contributed by atoms with Crippen LogP contribution in [0.1, 0.15) is 11.3 Å². The standard InChI is InChI=1S/C23H19N/c1-16-10-9-15-20-21(16)23(19-13-7-4-8-14-19)22(17(2)24-20)18-11-5-3-6-12-18/h3-15H,1-2H3. The molecule has 1 heterocycles. The fourth-order valence-corrected chi connectivity index (χ4v) is 3.46. The number of rotatable bonds is 2. The Kier molecular flexibility index (Phi) is 3.62. The van der Waals surface area contributed by atoms with E-state index >= 15 is 0 Å². The Morgan fingerprint density at radius 2 is 1.17 bits per heavy atom. The molecule has 0 unspecified atom stereocenters. The van der Waals surface area contributed by atoms with E-state index in [0.29, 0.717) is 0 Å². The molecule has 4 rings (SSSR count). The van der Waals surface area contributed by atoms with Crippen LogP contribution in [0.25, 0.3) is 33.2 Å². The van der Waals surface area contributed by atoms with E-state index in [2.05, 4.69) is 92.7 Å². The molecule has 3 aromatic carbocycles. The van der Waals surface area contributed by atoms with Crippen LogP contribution >= 0.6 is 0 Å². The number of nitrogens with zero attached hydrogens (tertiary/aromatic N) is 1. The van der Waals surface area contributed by atoms with E-state index in [1.165, 1.54) is 33.2 Å². The van der Waals surface area contributed by atoms with Gasteiger partial charge in [-0.1, -0.05) is 72.8 Å². The second-order valence-electron chi connectivity index (χ2n) is 6.15. The van der Waals surface area contributed by atoms with Crippen molar-refractivity contribution in [2.75, 3.05) is 0 Å². The van der Waals surface area contributed by atoms with Gasteiger partial charge in [-0.2, -0.15) is 0 Å². The Morgan fingerprint density at radius 1 is 0.583 bits per heavy atom. The molecule has 0 aliphatic heterocycles. The largest absolute Gasteiger partial charge is 0.252 e. The van der Waals surface area contributed by atoms with E-state index in [0.717, 1.165) is 11.2 Å². The molecule has 24 heavy (non-hydrogen) atoms. The maximum absolute atomic E-state index is 4.90. The molecular formula is C23H19N. The fraction of sp³-hybridized carbons (Fsp3) is 0.0870. The van der Waals surface area contributed by atoms with Gasteiger partial charge in [-0.3, -0.25) is 4.98 Å². The molecule has 0 radical (unpaired) electrons. The van der Waals surface area contributed by atoms with Crippen LogP contribution in [0.5, 0.6) is 0 Å². The molecule has 116 valence electrons. The van der Waals surface area contributed by atoms with E-state index in [-0.39, 0.29) is 0 Å². The second-order valence-corrected chi connectivity index (χ2v) is 6.15. The molecule has 0 amide bonds. The first-order valence-electron chi connectivity index (χ1n) is 8.26. The average molecular weight is 309 g/mol. The summed E-state index contributed by atoms with van der Waals surface area (Å²) in [7, 11) is 0. The van der Waals surface area contributed by atoms with Crippen LogP contribution in [-0.2, 0) is 0 Å². The quantitative estimate of drug-likeness (QED) is 0.430. The number of aromatic nitrogens is 1. The van der Waals surface area contributed by atoms with E-state index in [1.54, 1.807) is 0 Å². The smallest absolute Gasteiger partial charge is 0.0714 e. The molecule has 0 aliphatic rings. The first kappa shape index (κ1) is 14.6. The molecular weight excluding hydrogens is 290 g/mol. The highest BCUT2D eigenvalue weighted by molar-refractivity contribution is 6.04. The molecule has 0 aliphatic carbocycles. The predicted molar refractivity (Wildman–Crippen MR) is 102 cm³/mol. The van der Waals surface area contributed by atoms with Gasteiger partial charge in [0.2, 0.25) is 0 Å². The van der Waals surface area contributed by atoms with Gasteiger partial charge in [-0.05, 0) is 36.6 Å². The van der Waals surface area contributed by atoms with Crippen LogP contribution in [0.3, 0.4) is 0 Å². The highest BCUT2D eigenvalue weighted by Crippen LogP contribution is 2.40. The minimum absolute atomic E-state index is 1.06. The highest BCUT2D eigenvalue weighted by atomic mass is 14.7. The van der Waals surface area contributed by atoms with Crippen LogP contribution in [0.15, 0.2) is 78.9 Å². The van der Waals surface area contributed by atoms with Crippen LogP contribution in [-0.4, -0.2) is 4.98 Å². The third-order valence-corrected chi connectivity index (χ3v) is 4.53. The van der Waals surface area contributed by atoms with Gasteiger partial charge in [0, 0.05) is 22.2 Å². The predicted octanol–water partition coefficient (Wildman–Crippen LogP) is 6.19. The van der Waals surface area contributed by atoms with E-state index < -0.39 is 0 Å². The number of hydrogen-bond donors (Lipinski definition) is 0. The molecule has 0 bridgehead atoms.